The molecule has 130 valence electrons. The zero-order chi connectivity index (χ0) is 18.2. The van der Waals surface area contributed by atoms with Crippen molar-refractivity contribution in [3.63, 3.8) is 0 Å². The van der Waals surface area contributed by atoms with Crippen molar-refractivity contribution in [2.24, 2.45) is 0 Å². The Kier molecular flexibility index (Phi) is 4.39. The van der Waals surface area contributed by atoms with Gasteiger partial charge in [0.15, 0.2) is 5.54 Å². The molecule has 0 saturated heterocycles. The SMILES string of the molecule is C[C@@H]1CC(NC(=O)c2ccccc2)(C(=O)O)c2cc(F)c(Cl)cc2O1. The molecule has 0 fully saturated rings. The van der Waals surface area contributed by atoms with Crippen LogP contribution in [-0.4, -0.2) is 23.1 Å². The van der Waals surface area contributed by atoms with Crippen LogP contribution in [0.4, 0.5) is 4.39 Å². The zero-order valence-electron chi connectivity index (χ0n) is 13.3. The van der Waals surface area contributed by atoms with E-state index in [2.05, 4.69) is 5.32 Å². The van der Waals surface area contributed by atoms with E-state index in [1.807, 2.05) is 0 Å². The molecule has 1 aliphatic rings. The van der Waals surface area contributed by atoms with Crippen molar-refractivity contribution < 1.29 is 23.8 Å². The molecule has 1 heterocycles. The minimum Gasteiger partial charge on any atom is -0.490 e. The lowest BCUT2D eigenvalue weighted by molar-refractivity contribution is -0.147. The van der Waals surface area contributed by atoms with Crippen LogP contribution in [-0.2, 0) is 10.3 Å². The lowest BCUT2D eigenvalue weighted by Crippen LogP contribution is -2.56. The number of carboxylic acids is 1. The van der Waals surface area contributed by atoms with Crippen molar-refractivity contribution >= 4 is 23.5 Å². The molecule has 0 saturated carbocycles. The van der Waals surface area contributed by atoms with Crippen LogP contribution in [0.2, 0.25) is 5.02 Å². The first kappa shape index (κ1) is 17.2. The lowest BCUT2D eigenvalue weighted by Gasteiger charge is -2.39. The number of carbonyl (C=O) groups is 2. The molecule has 7 heteroatoms. The van der Waals surface area contributed by atoms with Gasteiger partial charge in [0.05, 0.1) is 11.1 Å². The molecule has 1 unspecified atom stereocenters. The van der Waals surface area contributed by atoms with Gasteiger partial charge in [-0.2, -0.15) is 0 Å². The Morgan fingerprint density at radius 2 is 2.00 bits per heavy atom. The molecule has 2 aromatic rings. The molecule has 3 rings (SSSR count). The normalized spacial score (nSPS) is 21.8. The minimum atomic E-state index is -1.81. The number of fused-ring (bicyclic) bond motifs is 1. The number of nitrogens with one attached hydrogen (secondary N) is 1. The van der Waals surface area contributed by atoms with E-state index in [4.69, 9.17) is 16.3 Å². The number of amides is 1. The molecule has 0 aliphatic carbocycles. The standard InChI is InChI=1S/C18H15ClFNO4/c1-10-9-18(17(23)24,21-16(22)11-5-3-2-4-6-11)12-7-14(20)13(19)8-15(12)25-10/h2-8,10H,9H2,1H3,(H,21,22)(H,23,24)/t10-,18?/m1/s1. The highest BCUT2D eigenvalue weighted by atomic mass is 35.5. The molecule has 0 aromatic heterocycles. The van der Waals surface area contributed by atoms with Gasteiger partial charge in [0.25, 0.3) is 5.91 Å². The van der Waals surface area contributed by atoms with E-state index >= 15 is 0 Å². The fraction of sp³-hybridized carbons (Fsp3) is 0.222. The first-order chi connectivity index (χ1) is 11.8. The summed E-state index contributed by atoms with van der Waals surface area (Å²) in [5, 5.41) is 12.3. The Morgan fingerprint density at radius 1 is 1.32 bits per heavy atom. The van der Waals surface area contributed by atoms with Crippen molar-refractivity contribution in [1.29, 1.82) is 0 Å². The predicted octanol–water partition coefficient (Wildman–Crippen LogP) is 3.36. The highest BCUT2D eigenvalue weighted by Gasteiger charge is 2.49. The van der Waals surface area contributed by atoms with Crippen LogP contribution in [0, 0.1) is 5.82 Å². The third kappa shape index (κ3) is 3.05. The molecule has 0 radical (unpaired) electrons. The second-order valence-electron chi connectivity index (χ2n) is 5.93. The summed E-state index contributed by atoms with van der Waals surface area (Å²) in [6.07, 6.45) is -0.559. The predicted molar refractivity (Wildman–Crippen MR) is 89.3 cm³/mol. The number of carbonyl (C=O) groups excluding carboxylic acids is 1. The number of carboxylic acid groups (broad SMARTS) is 1. The number of ether oxygens (including phenoxy) is 1. The van der Waals surface area contributed by atoms with Gasteiger partial charge in [-0.3, -0.25) is 4.79 Å². The van der Waals surface area contributed by atoms with Gasteiger partial charge in [0.1, 0.15) is 11.6 Å². The maximum Gasteiger partial charge on any atom is 0.334 e. The van der Waals surface area contributed by atoms with Crippen molar-refractivity contribution in [2.45, 2.75) is 25.0 Å². The highest BCUT2D eigenvalue weighted by molar-refractivity contribution is 6.30. The maximum atomic E-state index is 14.0. The van der Waals surface area contributed by atoms with Gasteiger partial charge < -0.3 is 15.2 Å². The van der Waals surface area contributed by atoms with E-state index in [-0.39, 0.29) is 22.8 Å². The van der Waals surface area contributed by atoms with Crippen molar-refractivity contribution in [3.05, 3.63) is 64.4 Å². The largest absolute Gasteiger partial charge is 0.490 e. The van der Waals surface area contributed by atoms with E-state index < -0.39 is 29.3 Å². The van der Waals surface area contributed by atoms with E-state index in [1.165, 1.54) is 6.07 Å². The Balaban J connectivity index is 2.11. The van der Waals surface area contributed by atoms with Gasteiger partial charge in [-0.25, -0.2) is 9.18 Å². The van der Waals surface area contributed by atoms with Crippen LogP contribution < -0.4 is 10.1 Å². The van der Waals surface area contributed by atoms with Crippen molar-refractivity contribution in [3.8, 4) is 5.75 Å². The summed E-state index contributed by atoms with van der Waals surface area (Å²) in [5.41, 5.74) is -1.48. The van der Waals surface area contributed by atoms with Gasteiger partial charge in [0.2, 0.25) is 0 Å². The molecule has 2 N–H and O–H groups in total. The zero-order valence-corrected chi connectivity index (χ0v) is 14.0. The topological polar surface area (TPSA) is 75.6 Å². The van der Waals surface area contributed by atoms with Crippen LogP contribution in [0.1, 0.15) is 29.3 Å². The second-order valence-corrected chi connectivity index (χ2v) is 6.33. The Morgan fingerprint density at radius 3 is 2.64 bits per heavy atom. The van der Waals surface area contributed by atoms with Gasteiger partial charge in [-0.05, 0) is 25.1 Å². The third-order valence-corrected chi connectivity index (χ3v) is 4.42. The van der Waals surface area contributed by atoms with E-state index in [1.54, 1.807) is 37.3 Å². The molecule has 2 atom stereocenters. The monoisotopic (exact) mass is 363 g/mol. The average molecular weight is 364 g/mol. The van der Waals surface area contributed by atoms with Gasteiger partial charge in [0, 0.05) is 23.6 Å². The number of halogens is 2. The summed E-state index contributed by atoms with van der Waals surface area (Å²) in [4.78, 5) is 24.7. The maximum absolute atomic E-state index is 14.0. The molecule has 0 spiro atoms. The lowest BCUT2D eigenvalue weighted by atomic mass is 9.81. The fourth-order valence-corrected chi connectivity index (χ4v) is 3.14. The van der Waals surface area contributed by atoms with Crippen LogP contribution >= 0.6 is 11.6 Å². The molecular weight excluding hydrogens is 349 g/mol. The molecule has 2 aromatic carbocycles. The quantitative estimate of drug-likeness (QED) is 0.876. The number of benzene rings is 2. The van der Waals surface area contributed by atoms with Crippen LogP contribution in [0.15, 0.2) is 42.5 Å². The molecule has 25 heavy (non-hydrogen) atoms. The number of hydrogen-bond donors (Lipinski definition) is 2. The van der Waals surface area contributed by atoms with Crippen LogP contribution in [0.5, 0.6) is 5.75 Å². The Labute approximate surface area is 148 Å². The molecule has 1 aliphatic heterocycles. The summed E-state index contributed by atoms with van der Waals surface area (Å²) in [7, 11) is 0. The smallest absolute Gasteiger partial charge is 0.334 e. The van der Waals surface area contributed by atoms with Crippen molar-refractivity contribution in [1.82, 2.24) is 5.32 Å². The van der Waals surface area contributed by atoms with Gasteiger partial charge >= 0.3 is 5.97 Å². The van der Waals surface area contributed by atoms with Crippen molar-refractivity contribution in [2.75, 3.05) is 0 Å². The summed E-state index contributed by atoms with van der Waals surface area (Å²) in [5.74, 6) is -2.51. The Bertz CT molecular complexity index is 842. The third-order valence-electron chi connectivity index (χ3n) is 4.13. The second kappa shape index (κ2) is 6.37. The number of hydrogen-bond acceptors (Lipinski definition) is 3. The summed E-state index contributed by atoms with van der Waals surface area (Å²) < 4.78 is 19.6. The average Bonchev–Trinajstić information content (AvgIpc) is 2.57. The van der Waals surface area contributed by atoms with E-state index in [0.717, 1.165) is 6.07 Å². The van der Waals surface area contributed by atoms with Crippen LogP contribution in [0.3, 0.4) is 0 Å². The minimum absolute atomic E-state index is 0.0317. The summed E-state index contributed by atoms with van der Waals surface area (Å²) >= 11 is 5.78. The van der Waals surface area contributed by atoms with Gasteiger partial charge in [-0.15, -0.1) is 0 Å². The number of rotatable bonds is 3. The fourth-order valence-electron chi connectivity index (χ4n) is 2.99. The molecule has 5 nitrogen and oxygen atoms in total. The molecular formula is C18H15ClFNO4. The Hall–Kier alpha value is -2.60. The van der Waals surface area contributed by atoms with Crippen LogP contribution in [0.25, 0.3) is 0 Å². The first-order valence-corrected chi connectivity index (χ1v) is 7.98. The molecule has 0 bridgehead atoms. The van der Waals surface area contributed by atoms with Gasteiger partial charge in [-0.1, -0.05) is 29.8 Å². The summed E-state index contributed by atoms with van der Waals surface area (Å²) in [6.45, 7) is 1.67. The van der Waals surface area contributed by atoms with E-state index in [0.29, 0.717) is 5.56 Å². The highest BCUT2D eigenvalue weighted by Crippen LogP contribution is 2.42. The first-order valence-electron chi connectivity index (χ1n) is 7.60. The van der Waals surface area contributed by atoms with E-state index in [9.17, 15) is 19.1 Å². The summed E-state index contributed by atoms with van der Waals surface area (Å²) in [6, 6.07) is 10.4. The number of aliphatic carboxylic acids is 1. The molecule has 1 amide bonds.